The first-order valence-corrected chi connectivity index (χ1v) is 3.10. The molecular formula is C5H7FN4O4. The lowest BCUT2D eigenvalue weighted by atomic mass is 10.6. The Morgan fingerprint density at radius 2 is 1.71 bits per heavy atom. The van der Waals surface area contributed by atoms with Crippen molar-refractivity contribution < 1.29 is 14.3 Å². The van der Waals surface area contributed by atoms with E-state index < -0.39 is 29.0 Å². The lowest BCUT2D eigenvalue weighted by molar-refractivity contribution is 0.256. The van der Waals surface area contributed by atoms with Gasteiger partial charge in [-0.05, 0) is 0 Å². The molecule has 0 aromatic carbocycles. The number of carbonyl (C=O) groups excluding carboxylic acids is 1. The average Bonchev–Trinajstić information content (AvgIpc) is 1.98. The molecule has 78 valence electrons. The Morgan fingerprint density at radius 3 is 2.07 bits per heavy atom. The number of hydrogen-bond donors (Lipinski definition) is 5. The highest BCUT2D eigenvalue weighted by molar-refractivity contribution is 5.69. The highest BCUT2D eigenvalue weighted by Crippen LogP contribution is 1.99. The molecule has 0 aliphatic carbocycles. The molecule has 8 nitrogen and oxygen atoms in total. The summed E-state index contributed by atoms with van der Waals surface area (Å²) in [5.41, 5.74) is 6.32. The van der Waals surface area contributed by atoms with E-state index in [1.807, 2.05) is 0 Å². The van der Waals surface area contributed by atoms with E-state index in [9.17, 15) is 14.0 Å². The molecule has 1 aromatic rings. The molecule has 0 atom stereocenters. The fourth-order valence-electron chi connectivity index (χ4n) is 0.459. The zero-order chi connectivity index (χ0) is 11.3. The number of rotatable bonds is 0. The molecule has 1 heterocycles. The quantitative estimate of drug-likeness (QED) is 0.330. The zero-order valence-electron chi connectivity index (χ0n) is 6.70. The van der Waals surface area contributed by atoms with E-state index in [0.29, 0.717) is 0 Å². The second-order valence-electron chi connectivity index (χ2n) is 1.97. The summed E-state index contributed by atoms with van der Waals surface area (Å²) in [6, 6.07) is -0.833. The minimum Gasteiger partial charge on any atom is -0.492 e. The minimum absolute atomic E-state index is 0.833. The predicted octanol–water partition coefficient (Wildman–Crippen LogP) is -2.07. The molecule has 7 N–H and O–H groups in total. The van der Waals surface area contributed by atoms with Crippen molar-refractivity contribution in [3.63, 3.8) is 0 Å². The molecule has 9 heteroatoms. The second kappa shape index (κ2) is 4.64. The van der Waals surface area contributed by atoms with Gasteiger partial charge < -0.3 is 16.6 Å². The molecule has 1 aromatic heterocycles. The summed E-state index contributed by atoms with van der Waals surface area (Å²) in [5, 5.41) is 8.43. The van der Waals surface area contributed by atoms with Crippen molar-refractivity contribution in [2.45, 2.75) is 0 Å². The molecule has 0 aliphatic rings. The van der Waals surface area contributed by atoms with Gasteiger partial charge in [-0.1, -0.05) is 0 Å². The summed E-state index contributed by atoms with van der Waals surface area (Å²) >= 11 is 0. The monoisotopic (exact) mass is 206 g/mol. The van der Waals surface area contributed by atoms with Crippen molar-refractivity contribution in [2.24, 2.45) is 11.5 Å². The van der Waals surface area contributed by atoms with Crippen LogP contribution >= 0.6 is 0 Å². The number of amides is 2. The van der Waals surface area contributed by atoms with Crippen LogP contribution in [0.4, 0.5) is 9.18 Å². The summed E-state index contributed by atoms with van der Waals surface area (Å²) in [6.45, 7) is 0. The summed E-state index contributed by atoms with van der Waals surface area (Å²) in [4.78, 5) is 32.7. The summed E-state index contributed by atoms with van der Waals surface area (Å²) in [6.07, 6.45) is 0. The van der Waals surface area contributed by atoms with Gasteiger partial charge in [0.15, 0.2) is 0 Å². The standard InChI is InChI=1S/C4H3FN2O3.CH4N2O/c5-1-2(8)6-4(10)7-3(1)9;2-1(3)4/h(H3,6,7,8,9,10);(H4,2,3,4). The van der Waals surface area contributed by atoms with Gasteiger partial charge in [-0.25, -0.2) is 9.59 Å². The van der Waals surface area contributed by atoms with E-state index in [-0.39, 0.29) is 0 Å². The third kappa shape index (κ3) is 3.90. The molecule has 0 saturated heterocycles. The number of aromatic nitrogens is 2. The third-order valence-corrected chi connectivity index (χ3v) is 0.866. The number of nitrogens with one attached hydrogen (secondary N) is 2. The van der Waals surface area contributed by atoms with E-state index in [2.05, 4.69) is 11.5 Å². The van der Waals surface area contributed by atoms with Crippen LogP contribution in [0, 0.1) is 5.82 Å². The summed E-state index contributed by atoms with van der Waals surface area (Å²) < 4.78 is 12.1. The Labute approximate surface area is 75.4 Å². The van der Waals surface area contributed by atoms with Crippen LogP contribution in [0.3, 0.4) is 0 Å². The van der Waals surface area contributed by atoms with Crippen molar-refractivity contribution in [2.75, 3.05) is 0 Å². The number of aromatic hydroxyl groups is 1. The topological polar surface area (TPSA) is 155 Å². The molecule has 1 rings (SSSR count). The number of hydrogen-bond acceptors (Lipinski definition) is 4. The van der Waals surface area contributed by atoms with Gasteiger partial charge in [0.2, 0.25) is 11.7 Å². The van der Waals surface area contributed by atoms with Gasteiger partial charge in [-0.3, -0.25) is 14.8 Å². The van der Waals surface area contributed by atoms with E-state index in [1.165, 1.54) is 0 Å². The number of primary amides is 2. The summed E-state index contributed by atoms with van der Waals surface area (Å²) in [7, 11) is 0. The first-order valence-electron chi connectivity index (χ1n) is 3.10. The molecule has 0 fully saturated rings. The largest absolute Gasteiger partial charge is 0.492 e. The average molecular weight is 206 g/mol. The van der Waals surface area contributed by atoms with E-state index >= 15 is 0 Å². The van der Waals surface area contributed by atoms with Gasteiger partial charge >= 0.3 is 11.7 Å². The zero-order valence-corrected chi connectivity index (χ0v) is 6.70. The molecule has 0 unspecified atom stereocenters. The maximum atomic E-state index is 12.1. The molecule has 0 bridgehead atoms. The molecule has 14 heavy (non-hydrogen) atoms. The maximum Gasteiger partial charge on any atom is 0.328 e. The minimum atomic E-state index is -1.39. The van der Waals surface area contributed by atoms with Gasteiger partial charge in [-0.15, -0.1) is 0 Å². The van der Waals surface area contributed by atoms with E-state index in [0.717, 1.165) is 0 Å². The van der Waals surface area contributed by atoms with Gasteiger partial charge in [0.25, 0.3) is 5.56 Å². The van der Waals surface area contributed by atoms with E-state index in [1.54, 1.807) is 9.97 Å². The Hall–Kier alpha value is -2.32. The molecule has 0 aliphatic heterocycles. The lowest BCUT2D eigenvalue weighted by Crippen LogP contribution is -2.24. The number of urea groups is 1. The Balaban J connectivity index is 0.000000364. The van der Waals surface area contributed by atoms with Crippen LogP contribution < -0.4 is 22.7 Å². The van der Waals surface area contributed by atoms with Crippen LogP contribution in [0.1, 0.15) is 0 Å². The van der Waals surface area contributed by atoms with Gasteiger partial charge in [0, 0.05) is 0 Å². The van der Waals surface area contributed by atoms with Crippen LogP contribution in [0.2, 0.25) is 0 Å². The molecular weight excluding hydrogens is 199 g/mol. The van der Waals surface area contributed by atoms with Crippen LogP contribution in [0.5, 0.6) is 5.88 Å². The fourth-order valence-corrected chi connectivity index (χ4v) is 0.459. The van der Waals surface area contributed by atoms with Crippen molar-refractivity contribution in [3.05, 3.63) is 26.7 Å². The van der Waals surface area contributed by atoms with Crippen LogP contribution in [0.25, 0.3) is 0 Å². The number of aromatic amines is 2. The van der Waals surface area contributed by atoms with Crippen LogP contribution in [0.15, 0.2) is 9.59 Å². The molecule has 0 radical (unpaired) electrons. The Morgan fingerprint density at radius 1 is 1.29 bits per heavy atom. The summed E-state index contributed by atoms with van der Waals surface area (Å²) in [5.74, 6) is -2.44. The Bertz CT molecular complexity index is 432. The molecule has 0 saturated carbocycles. The molecule has 0 spiro atoms. The number of nitrogens with two attached hydrogens (primary N) is 2. The van der Waals surface area contributed by atoms with Crippen LogP contribution in [-0.2, 0) is 0 Å². The maximum absolute atomic E-state index is 12.1. The van der Waals surface area contributed by atoms with E-state index in [4.69, 9.17) is 9.90 Å². The van der Waals surface area contributed by atoms with Crippen molar-refractivity contribution in [1.29, 1.82) is 0 Å². The lowest BCUT2D eigenvalue weighted by Gasteiger charge is -1.89. The van der Waals surface area contributed by atoms with Crippen molar-refractivity contribution in [1.82, 2.24) is 9.97 Å². The fraction of sp³-hybridized carbons (Fsp3) is 0. The smallest absolute Gasteiger partial charge is 0.328 e. The first kappa shape index (κ1) is 11.7. The van der Waals surface area contributed by atoms with Crippen molar-refractivity contribution >= 4 is 6.03 Å². The van der Waals surface area contributed by atoms with Crippen molar-refractivity contribution in [3.8, 4) is 5.88 Å². The predicted molar refractivity (Wildman–Crippen MR) is 43.1 cm³/mol. The third-order valence-electron chi connectivity index (χ3n) is 0.866. The number of halogens is 1. The van der Waals surface area contributed by atoms with Gasteiger partial charge in [0.05, 0.1) is 0 Å². The molecule has 2 amide bonds. The van der Waals surface area contributed by atoms with Crippen LogP contribution in [-0.4, -0.2) is 21.1 Å². The normalized spacial score (nSPS) is 8.64. The Kier molecular flexibility index (Phi) is 3.87. The number of H-pyrrole nitrogens is 2. The highest BCUT2D eigenvalue weighted by Gasteiger charge is 2.04. The van der Waals surface area contributed by atoms with Gasteiger partial charge in [0.1, 0.15) is 0 Å². The number of carbonyl (C=O) groups is 1. The van der Waals surface area contributed by atoms with Gasteiger partial charge in [-0.2, -0.15) is 4.39 Å². The first-order chi connectivity index (χ1) is 6.34. The second-order valence-corrected chi connectivity index (χ2v) is 1.97. The highest BCUT2D eigenvalue weighted by atomic mass is 19.1. The SMILES string of the molecule is NC(N)=O.O=c1[nH]c(O)c(F)c(=O)[nH]1.